The maximum absolute atomic E-state index is 5.76. The minimum Gasteiger partial charge on any atom is -0.374 e. The fourth-order valence-corrected chi connectivity index (χ4v) is 2.02. The van der Waals surface area contributed by atoms with Crippen LogP contribution < -0.4 is 11.3 Å². The van der Waals surface area contributed by atoms with Crippen molar-refractivity contribution in [3.05, 3.63) is 0 Å². The first-order chi connectivity index (χ1) is 7.69. The number of terminal acetylenes is 1. The van der Waals surface area contributed by atoms with Gasteiger partial charge in [-0.15, -0.1) is 12.3 Å². The highest BCUT2D eigenvalue weighted by Gasteiger charge is 2.28. The Labute approximate surface area is 98.5 Å². The maximum Gasteiger partial charge on any atom is 0.0869 e. The number of nitrogens with one attached hydrogen (secondary N) is 1. The Bertz CT molecular complexity index is 237. The van der Waals surface area contributed by atoms with Crippen LogP contribution in [0.4, 0.5) is 0 Å². The van der Waals surface area contributed by atoms with Gasteiger partial charge in [-0.3, -0.25) is 16.2 Å². The van der Waals surface area contributed by atoms with Gasteiger partial charge in [0.15, 0.2) is 0 Å². The van der Waals surface area contributed by atoms with Crippen molar-refractivity contribution in [1.82, 2.24) is 10.3 Å². The monoisotopic (exact) mass is 225 g/mol. The molecule has 1 fully saturated rings. The molecule has 2 atom stereocenters. The van der Waals surface area contributed by atoms with E-state index in [0.29, 0.717) is 6.04 Å². The van der Waals surface area contributed by atoms with Crippen molar-refractivity contribution in [2.24, 2.45) is 5.84 Å². The van der Waals surface area contributed by atoms with E-state index in [1.807, 2.05) is 0 Å². The molecule has 0 aromatic carbocycles. The fourth-order valence-electron chi connectivity index (χ4n) is 2.02. The molecule has 0 aliphatic carbocycles. The average Bonchev–Trinajstić information content (AvgIpc) is 2.30. The molecule has 4 heteroatoms. The number of hydrogen-bond acceptors (Lipinski definition) is 4. The van der Waals surface area contributed by atoms with Crippen molar-refractivity contribution < 1.29 is 4.74 Å². The van der Waals surface area contributed by atoms with Crippen LogP contribution in [0.5, 0.6) is 0 Å². The van der Waals surface area contributed by atoms with E-state index in [-0.39, 0.29) is 12.1 Å². The molecule has 1 heterocycles. The SMILES string of the molecule is C#CCCC(NN)C1CN(C(C)C)CCO1. The lowest BCUT2D eigenvalue weighted by Crippen LogP contribution is -2.55. The summed E-state index contributed by atoms with van der Waals surface area (Å²) in [5, 5.41) is 0. The van der Waals surface area contributed by atoms with Gasteiger partial charge in [0.05, 0.1) is 12.7 Å². The van der Waals surface area contributed by atoms with Crippen LogP contribution in [0.2, 0.25) is 0 Å². The molecule has 0 aromatic rings. The molecule has 0 radical (unpaired) electrons. The van der Waals surface area contributed by atoms with E-state index < -0.39 is 0 Å². The lowest BCUT2D eigenvalue weighted by molar-refractivity contribution is -0.0563. The first-order valence-electron chi connectivity index (χ1n) is 5.94. The maximum atomic E-state index is 5.76. The quantitative estimate of drug-likeness (QED) is 0.402. The molecular weight excluding hydrogens is 202 g/mol. The predicted octanol–water partition coefficient (Wildman–Crippen LogP) is 0.341. The zero-order chi connectivity index (χ0) is 12.0. The molecule has 1 aliphatic heterocycles. The van der Waals surface area contributed by atoms with Gasteiger partial charge in [-0.2, -0.15) is 0 Å². The number of hydrogen-bond donors (Lipinski definition) is 2. The molecule has 0 spiro atoms. The molecule has 2 unspecified atom stereocenters. The van der Waals surface area contributed by atoms with Gasteiger partial charge < -0.3 is 4.74 Å². The van der Waals surface area contributed by atoms with Gasteiger partial charge in [0.25, 0.3) is 0 Å². The summed E-state index contributed by atoms with van der Waals surface area (Å²) in [6.45, 7) is 7.11. The Kier molecular flexibility index (Phi) is 5.78. The molecule has 1 saturated heterocycles. The van der Waals surface area contributed by atoms with E-state index in [4.69, 9.17) is 17.0 Å². The lowest BCUT2D eigenvalue weighted by Gasteiger charge is -2.38. The Balaban J connectivity index is 2.47. The molecular formula is C12H23N3O. The minimum atomic E-state index is 0.148. The van der Waals surface area contributed by atoms with Crippen molar-refractivity contribution in [3.8, 4) is 12.3 Å². The first-order valence-corrected chi connectivity index (χ1v) is 5.94. The van der Waals surface area contributed by atoms with Gasteiger partial charge in [0, 0.05) is 31.6 Å². The molecule has 16 heavy (non-hydrogen) atoms. The van der Waals surface area contributed by atoms with Crippen LogP contribution in [0.15, 0.2) is 0 Å². The number of nitrogens with two attached hydrogens (primary N) is 1. The van der Waals surface area contributed by atoms with Crippen LogP contribution in [0.3, 0.4) is 0 Å². The van der Waals surface area contributed by atoms with Gasteiger partial charge in [0.2, 0.25) is 0 Å². The van der Waals surface area contributed by atoms with Crippen LogP contribution in [-0.2, 0) is 4.74 Å². The highest BCUT2D eigenvalue weighted by atomic mass is 16.5. The van der Waals surface area contributed by atoms with Crippen molar-refractivity contribution >= 4 is 0 Å². The second-order valence-corrected chi connectivity index (χ2v) is 4.51. The topological polar surface area (TPSA) is 50.5 Å². The lowest BCUT2D eigenvalue weighted by atomic mass is 10.0. The summed E-state index contributed by atoms with van der Waals surface area (Å²) in [4.78, 5) is 2.41. The number of rotatable bonds is 5. The number of nitrogens with zero attached hydrogens (tertiary/aromatic N) is 1. The largest absolute Gasteiger partial charge is 0.374 e. The van der Waals surface area contributed by atoms with E-state index in [9.17, 15) is 0 Å². The van der Waals surface area contributed by atoms with Gasteiger partial charge in [-0.05, 0) is 20.3 Å². The fraction of sp³-hybridized carbons (Fsp3) is 0.833. The second-order valence-electron chi connectivity index (χ2n) is 4.51. The highest BCUT2D eigenvalue weighted by molar-refractivity contribution is 4.89. The normalized spacial score (nSPS) is 24.3. The zero-order valence-electron chi connectivity index (χ0n) is 10.3. The first kappa shape index (κ1) is 13.5. The molecule has 0 saturated carbocycles. The molecule has 1 rings (SSSR count). The Hall–Kier alpha value is -0.600. The summed E-state index contributed by atoms with van der Waals surface area (Å²) < 4.78 is 5.76. The zero-order valence-corrected chi connectivity index (χ0v) is 10.3. The predicted molar refractivity (Wildman–Crippen MR) is 65.6 cm³/mol. The van der Waals surface area contributed by atoms with E-state index in [2.05, 4.69) is 30.1 Å². The smallest absolute Gasteiger partial charge is 0.0869 e. The number of ether oxygens (including phenoxy) is 1. The summed E-state index contributed by atoms with van der Waals surface area (Å²) in [6.07, 6.45) is 7.01. The average molecular weight is 225 g/mol. The summed E-state index contributed by atoms with van der Waals surface area (Å²) in [6, 6.07) is 0.704. The van der Waals surface area contributed by atoms with Crippen LogP contribution in [0, 0.1) is 12.3 Å². The van der Waals surface area contributed by atoms with Gasteiger partial charge in [-0.25, -0.2) is 0 Å². The molecule has 0 bridgehead atoms. The van der Waals surface area contributed by atoms with Crippen molar-refractivity contribution in [1.29, 1.82) is 0 Å². The standard InChI is InChI=1S/C12H23N3O/c1-4-5-6-11(14-13)12-9-15(10(2)3)7-8-16-12/h1,10-12,14H,5-9,13H2,2-3H3. The van der Waals surface area contributed by atoms with Crippen molar-refractivity contribution in [3.63, 3.8) is 0 Å². The van der Waals surface area contributed by atoms with E-state index >= 15 is 0 Å². The summed E-state index contributed by atoms with van der Waals surface area (Å²) in [5.74, 6) is 8.19. The minimum absolute atomic E-state index is 0.148. The Morgan fingerprint density at radius 2 is 2.38 bits per heavy atom. The Morgan fingerprint density at radius 1 is 1.62 bits per heavy atom. The molecule has 1 aliphatic rings. The molecule has 0 amide bonds. The summed E-state index contributed by atoms with van der Waals surface area (Å²) >= 11 is 0. The van der Waals surface area contributed by atoms with E-state index in [1.165, 1.54) is 0 Å². The third kappa shape index (κ3) is 3.76. The number of morpholine rings is 1. The van der Waals surface area contributed by atoms with Gasteiger partial charge in [0.1, 0.15) is 0 Å². The van der Waals surface area contributed by atoms with Crippen LogP contribution in [-0.4, -0.2) is 42.8 Å². The molecule has 4 nitrogen and oxygen atoms in total. The summed E-state index contributed by atoms with van der Waals surface area (Å²) in [7, 11) is 0. The second kappa shape index (κ2) is 6.87. The highest BCUT2D eigenvalue weighted by Crippen LogP contribution is 2.14. The molecule has 0 aromatic heterocycles. The van der Waals surface area contributed by atoms with Gasteiger partial charge in [-0.1, -0.05) is 0 Å². The number of hydrazine groups is 1. The van der Waals surface area contributed by atoms with Crippen molar-refractivity contribution in [2.45, 2.75) is 44.9 Å². The third-order valence-corrected chi connectivity index (χ3v) is 3.12. The van der Waals surface area contributed by atoms with Gasteiger partial charge >= 0.3 is 0 Å². The van der Waals surface area contributed by atoms with E-state index in [0.717, 1.165) is 32.5 Å². The van der Waals surface area contributed by atoms with E-state index in [1.54, 1.807) is 0 Å². The molecule has 92 valence electrons. The molecule has 3 N–H and O–H groups in total. The Morgan fingerprint density at radius 3 is 2.94 bits per heavy atom. The van der Waals surface area contributed by atoms with Crippen LogP contribution in [0.1, 0.15) is 26.7 Å². The third-order valence-electron chi connectivity index (χ3n) is 3.12. The van der Waals surface area contributed by atoms with Crippen LogP contribution in [0.25, 0.3) is 0 Å². The summed E-state index contributed by atoms with van der Waals surface area (Å²) in [5.41, 5.74) is 2.82. The van der Waals surface area contributed by atoms with Crippen molar-refractivity contribution in [2.75, 3.05) is 19.7 Å². The van der Waals surface area contributed by atoms with Crippen LogP contribution >= 0.6 is 0 Å².